The van der Waals surface area contributed by atoms with Crippen molar-refractivity contribution in [3.05, 3.63) is 22.9 Å². The zero-order chi connectivity index (χ0) is 11.3. The topological polar surface area (TPSA) is 24.8 Å². The molecule has 0 atom stereocenters. The van der Waals surface area contributed by atoms with Gasteiger partial charge in [0.15, 0.2) is 0 Å². The Bertz CT molecular complexity index is 280. The largest absolute Gasteiger partial charge is 0.379 e. The first-order chi connectivity index (χ1) is 7.15. The number of hydrogen-bond acceptors (Lipinski definition) is 3. The summed E-state index contributed by atoms with van der Waals surface area (Å²) in [5.41, 5.74) is 1.26. The number of ether oxygens (including phenoxy) is 1. The Labute approximate surface area is 96.1 Å². The lowest BCUT2D eigenvalue weighted by atomic mass is 10.1. The zero-order valence-electron chi connectivity index (χ0n) is 9.24. The number of aliphatic imine (C=N–C) groups is 1. The Balaban J connectivity index is 2.30. The van der Waals surface area contributed by atoms with Gasteiger partial charge in [-0.1, -0.05) is 23.3 Å². The maximum Gasteiger partial charge on any atom is 0.128 e. The van der Waals surface area contributed by atoms with Crippen LogP contribution < -0.4 is 0 Å². The van der Waals surface area contributed by atoms with Crippen LogP contribution >= 0.6 is 11.6 Å². The van der Waals surface area contributed by atoms with E-state index in [2.05, 4.69) is 23.5 Å². The van der Waals surface area contributed by atoms with Crippen molar-refractivity contribution in [1.29, 1.82) is 0 Å². The number of rotatable bonds is 5. The molecule has 0 N–H and O–H groups in total. The smallest absolute Gasteiger partial charge is 0.128 e. The van der Waals surface area contributed by atoms with E-state index in [-0.39, 0.29) is 0 Å². The van der Waals surface area contributed by atoms with Crippen molar-refractivity contribution in [3.8, 4) is 0 Å². The highest BCUT2D eigenvalue weighted by atomic mass is 35.5. The summed E-state index contributed by atoms with van der Waals surface area (Å²) < 4.78 is 5.20. The van der Waals surface area contributed by atoms with Crippen LogP contribution in [-0.2, 0) is 4.74 Å². The molecule has 0 radical (unpaired) electrons. The van der Waals surface area contributed by atoms with Crippen LogP contribution in [0.5, 0.6) is 0 Å². The molecule has 1 aliphatic rings. The molecule has 0 aromatic carbocycles. The van der Waals surface area contributed by atoms with Gasteiger partial charge in [-0.2, -0.15) is 0 Å². The lowest BCUT2D eigenvalue weighted by molar-refractivity contribution is -0.0244. The van der Waals surface area contributed by atoms with Crippen LogP contribution in [0, 0.1) is 0 Å². The molecule has 0 saturated carbocycles. The summed E-state index contributed by atoms with van der Waals surface area (Å²) in [5.74, 6) is 0. The second-order valence-corrected chi connectivity index (χ2v) is 4.10. The Morgan fingerprint density at radius 3 is 2.80 bits per heavy atom. The summed E-state index contributed by atoms with van der Waals surface area (Å²) >= 11 is 5.69. The third kappa shape index (κ3) is 4.16. The van der Waals surface area contributed by atoms with E-state index in [1.54, 1.807) is 13.2 Å². The SMILES string of the molecule is C=N/C(Cl)=C\C=C(/C)CN1CC(OC)C1. The Hall–Kier alpha value is -0.640. The molecule has 1 heterocycles. The average molecular weight is 229 g/mol. The first-order valence-electron chi connectivity index (χ1n) is 4.90. The summed E-state index contributed by atoms with van der Waals surface area (Å²) in [6.45, 7) is 8.40. The van der Waals surface area contributed by atoms with Crippen molar-refractivity contribution in [2.24, 2.45) is 4.99 Å². The van der Waals surface area contributed by atoms with E-state index in [0.717, 1.165) is 19.6 Å². The molecule has 4 heteroatoms. The van der Waals surface area contributed by atoms with Gasteiger partial charge in [0.25, 0.3) is 0 Å². The molecule has 1 fully saturated rings. The minimum atomic E-state index is 0.409. The Kier molecular flexibility index (Phi) is 5.02. The van der Waals surface area contributed by atoms with Gasteiger partial charge in [-0.15, -0.1) is 0 Å². The van der Waals surface area contributed by atoms with Crippen molar-refractivity contribution in [2.45, 2.75) is 13.0 Å². The van der Waals surface area contributed by atoms with E-state index in [4.69, 9.17) is 16.3 Å². The summed E-state index contributed by atoms with van der Waals surface area (Å²) in [5, 5.41) is 0.424. The van der Waals surface area contributed by atoms with Crippen LogP contribution in [0.1, 0.15) is 6.92 Å². The quantitative estimate of drug-likeness (QED) is 0.409. The van der Waals surface area contributed by atoms with Gasteiger partial charge in [-0.3, -0.25) is 9.89 Å². The Morgan fingerprint density at radius 1 is 1.60 bits per heavy atom. The summed E-state index contributed by atoms with van der Waals surface area (Å²) in [7, 11) is 1.75. The van der Waals surface area contributed by atoms with Gasteiger partial charge in [0.05, 0.1) is 6.10 Å². The van der Waals surface area contributed by atoms with Crippen molar-refractivity contribution >= 4 is 18.3 Å². The highest BCUT2D eigenvalue weighted by Gasteiger charge is 2.25. The van der Waals surface area contributed by atoms with Crippen molar-refractivity contribution in [3.63, 3.8) is 0 Å². The lowest BCUT2D eigenvalue weighted by Crippen LogP contribution is -2.52. The zero-order valence-corrected chi connectivity index (χ0v) is 10.00. The van der Waals surface area contributed by atoms with Crippen LogP contribution in [0.3, 0.4) is 0 Å². The van der Waals surface area contributed by atoms with Crippen molar-refractivity contribution in [1.82, 2.24) is 4.90 Å². The predicted molar refractivity (Wildman–Crippen MR) is 64.5 cm³/mol. The molecule has 1 saturated heterocycles. The molecule has 1 rings (SSSR count). The molecule has 0 amide bonds. The molecule has 84 valence electrons. The third-order valence-corrected chi connectivity index (χ3v) is 2.63. The highest BCUT2D eigenvalue weighted by molar-refractivity contribution is 6.29. The first kappa shape index (κ1) is 12.4. The normalized spacial score (nSPS) is 20.2. The van der Waals surface area contributed by atoms with Crippen LogP contribution in [0.25, 0.3) is 0 Å². The van der Waals surface area contributed by atoms with Crippen molar-refractivity contribution < 1.29 is 4.74 Å². The van der Waals surface area contributed by atoms with Crippen LogP contribution in [0.2, 0.25) is 0 Å². The molecule has 0 bridgehead atoms. The van der Waals surface area contributed by atoms with Crippen molar-refractivity contribution in [2.75, 3.05) is 26.7 Å². The predicted octanol–water partition coefficient (Wildman–Crippen LogP) is 2.04. The molecular weight excluding hydrogens is 212 g/mol. The Morgan fingerprint density at radius 2 is 2.27 bits per heavy atom. The summed E-state index contributed by atoms with van der Waals surface area (Å²) in [6, 6.07) is 0. The number of likely N-dealkylation sites (tertiary alicyclic amines) is 1. The van der Waals surface area contributed by atoms with E-state index >= 15 is 0 Å². The molecule has 0 aliphatic carbocycles. The number of hydrogen-bond donors (Lipinski definition) is 0. The fourth-order valence-electron chi connectivity index (χ4n) is 1.47. The number of nitrogens with zero attached hydrogens (tertiary/aromatic N) is 2. The van der Waals surface area contributed by atoms with Crippen LogP contribution in [-0.4, -0.2) is 44.5 Å². The molecule has 0 aromatic rings. The number of methoxy groups -OCH3 is 1. The summed E-state index contributed by atoms with van der Waals surface area (Å²) in [4.78, 5) is 5.92. The van der Waals surface area contributed by atoms with Gasteiger partial charge in [0, 0.05) is 26.7 Å². The maximum atomic E-state index is 5.69. The highest BCUT2D eigenvalue weighted by Crippen LogP contribution is 2.13. The van der Waals surface area contributed by atoms with E-state index in [0.29, 0.717) is 11.3 Å². The van der Waals surface area contributed by atoms with E-state index in [1.165, 1.54) is 5.57 Å². The van der Waals surface area contributed by atoms with Gasteiger partial charge in [0.1, 0.15) is 5.16 Å². The second kappa shape index (κ2) is 6.05. The minimum absolute atomic E-state index is 0.409. The molecule has 0 unspecified atom stereocenters. The molecule has 3 nitrogen and oxygen atoms in total. The maximum absolute atomic E-state index is 5.69. The fraction of sp³-hybridized carbons (Fsp3) is 0.545. The molecular formula is C11H17ClN2O. The monoisotopic (exact) mass is 228 g/mol. The first-order valence-corrected chi connectivity index (χ1v) is 5.28. The third-order valence-electron chi connectivity index (χ3n) is 2.39. The molecule has 0 spiro atoms. The molecule has 15 heavy (non-hydrogen) atoms. The fourth-order valence-corrected chi connectivity index (χ4v) is 1.53. The lowest BCUT2D eigenvalue weighted by Gasteiger charge is -2.38. The summed E-state index contributed by atoms with van der Waals surface area (Å²) in [6.07, 6.45) is 4.14. The van der Waals surface area contributed by atoms with E-state index in [9.17, 15) is 0 Å². The molecule has 0 aromatic heterocycles. The van der Waals surface area contributed by atoms with Gasteiger partial charge in [-0.25, -0.2) is 0 Å². The van der Waals surface area contributed by atoms with Gasteiger partial charge < -0.3 is 4.74 Å². The van der Waals surface area contributed by atoms with E-state index < -0.39 is 0 Å². The number of allylic oxidation sites excluding steroid dienone is 2. The van der Waals surface area contributed by atoms with Gasteiger partial charge >= 0.3 is 0 Å². The van der Waals surface area contributed by atoms with Gasteiger partial charge in [-0.05, 0) is 19.7 Å². The molecule has 1 aliphatic heterocycles. The number of halogens is 1. The minimum Gasteiger partial charge on any atom is -0.379 e. The van der Waals surface area contributed by atoms with Crippen LogP contribution in [0.15, 0.2) is 27.9 Å². The van der Waals surface area contributed by atoms with E-state index in [1.807, 2.05) is 6.08 Å². The van der Waals surface area contributed by atoms with Crippen LogP contribution in [0.4, 0.5) is 0 Å². The average Bonchev–Trinajstić information content (AvgIpc) is 2.19. The standard InChI is InChI=1S/C11H17ClN2O/c1-9(4-5-11(12)13-2)6-14-7-10(8-14)15-3/h4-5,10H,2,6-8H2,1,3H3/b9-4+,11-5-. The van der Waals surface area contributed by atoms with Gasteiger partial charge in [0.2, 0.25) is 0 Å². The second-order valence-electron chi connectivity index (χ2n) is 3.71.